The van der Waals surface area contributed by atoms with E-state index >= 15 is 0 Å². The molecule has 0 saturated heterocycles. The second-order valence-electron chi connectivity index (χ2n) is 6.11. The second-order valence-corrected chi connectivity index (χ2v) is 6.51. The molecular formula is C20H20ClN5O. The van der Waals surface area contributed by atoms with E-state index in [4.69, 9.17) is 11.6 Å². The Bertz CT molecular complexity index is 928. The molecule has 3 rings (SSSR count). The first-order chi connectivity index (χ1) is 13.0. The predicted octanol–water partition coefficient (Wildman–Crippen LogP) is 3.87. The third kappa shape index (κ3) is 4.95. The highest BCUT2D eigenvalue weighted by atomic mass is 35.5. The largest absolute Gasteiger partial charge is 0.378 e. The quantitative estimate of drug-likeness (QED) is 0.678. The zero-order valence-corrected chi connectivity index (χ0v) is 15.9. The topological polar surface area (TPSA) is 70.2 Å². The molecule has 6 nitrogen and oxygen atoms in total. The first kappa shape index (κ1) is 18.7. The number of hydrogen-bond acceptors (Lipinski definition) is 5. The Morgan fingerprint density at radius 1 is 1.07 bits per heavy atom. The summed E-state index contributed by atoms with van der Waals surface area (Å²) in [6.45, 7) is 0.331. The van der Waals surface area contributed by atoms with Crippen LogP contribution in [0.4, 0.5) is 17.3 Å². The number of carbonyl (C=O) groups excluding carboxylic acids is 1. The maximum Gasteiger partial charge on any atom is 0.270 e. The third-order valence-corrected chi connectivity index (χ3v) is 4.29. The molecule has 3 aromatic rings. The summed E-state index contributed by atoms with van der Waals surface area (Å²) < 4.78 is 0. The number of amides is 1. The molecule has 0 saturated carbocycles. The van der Waals surface area contributed by atoms with Gasteiger partial charge in [0.25, 0.3) is 5.91 Å². The Morgan fingerprint density at radius 2 is 1.81 bits per heavy atom. The molecule has 27 heavy (non-hydrogen) atoms. The van der Waals surface area contributed by atoms with Crippen molar-refractivity contribution >= 4 is 34.8 Å². The summed E-state index contributed by atoms with van der Waals surface area (Å²) in [6, 6.07) is 16.8. The van der Waals surface area contributed by atoms with Crippen molar-refractivity contribution in [3.05, 3.63) is 77.1 Å². The SMILES string of the molecule is CN(C)c1ccc(Nc2nccc(C(=O)NCc3ccccc3Cl)n2)cc1. The van der Waals surface area contributed by atoms with Crippen molar-refractivity contribution in [3.8, 4) is 0 Å². The highest BCUT2D eigenvalue weighted by Crippen LogP contribution is 2.18. The van der Waals surface area contributed by atoms with E-state index in [1.807, 2.05) is 61.5 Å². The van der Waals surface area contributed by atoms with Crippen LogP contribution in [-0.2, 0) is 6.54 Å². The van der Waals surface area contributed by atoms with Crippen molar-refractivity contribution in [1.82, 2.24) is 15.3 Å². The van der Waals surface area contributed by atoms with E-state index < -0.39 is 0 Å². The van der Waals surface area contributed by atoms with Gasteiger partial charge in [0, 0.05) is 43.2 Å². The van der Waals surface area contributed by atoms with Crippen LogP contribution in [0.15, 0.2) is 60.8 Å². The Balaban J connectivity index is 1.65. The minimum atomic E-state index is -0.289. The number of rotatable bonds is 6. The molecule has 0 aliphatic carbocycles. The lowest BCUT2D eigenvalue weighted by atomic mass is 10.2. The number of nitrogens with zero attached hydrogens (tertiary/aromatic N) is 3. The average Bonchev–Trinajstić information content (AvgIpc) is 2.68. The summed E-state index contributed by atoms with van der Waals surface area (Å²) in [7, 11) is 3.96. The molecule has 0 unspecified atom stereocenters. The monoisotopic (exact) mass is 381 g/mol. The van der Waals surface area contributed by atoms with Crippen LogP contribution in [0.25, 0.3) is 0 Å². The van der Waals surface area contributed by atoms with Gasteiger partial charge in [-0.1, -0.05) is 29.8 Å². The molecule has 1 heterocycles. The first-order valence-corrected chi connectivity index (χ1v) is 8.80. The molecule has 0 fully saturated rings. The predicted molar refractivity (Wildman–Crippen MR) is 109 cm³/mol. The van der Waals surface area contributed by atoms with Gasteiger partial charge in [-0.15, -0.1) is 0 Å². The summed E-state index contributed by atoms with van der Waals surface area (Å²) in [5.41, 5.74) is 3.06. The van der Waals surface area contributed by atoms with Gasteiger partial charge in [0.15, 0.2) is 0 Å². The van der Waals surface area contributed by atoms with Gasteiger partial charge in [-0.05, 0) is 42.0 Å². The highest BCUT2D eigenvalue weighted by molar-refractivity contribution is 6.31. The molecule has 2 N–H and O–H groups in total. The van der Waals surface area contributed by atoms with Crippen LogP contribution >= 0.6 is 11.6 Å². The Morgan fingerprint density at radius 3 is 2.52 bits per heavy atom. The number of carbonyl (C=O) groups is 1. The van der Waals surface area contributed by atoms with Crippen molar-refractivity contribution in [2.24, 2.45) is 0 Å². The van der Waals surface area contributed by atoms with E-state index in [1.165, 1.54) is 0 Å². The number of nitrogens with one attached hydrogen (secondary N) is 2. The van der Waals surface area contributed by atoms with Crippen molar-refractivity contribution in [1.29, 1.82) is 0 Å². The van der Waals surface area contributed by atoms with Crippen LogP contribution in [-0.4, -0.2) is 30.0 Å². The fourth-order valence-electron chi connectivity index (χ4n) is 2.43. The molecule has 0 atom stereocenters. The fraction of sp³-hybridized carbons (Fsp3) is 0.150. The molecular weight excluding hydrogens is 362 g/mol. The summed E-state index contributed by atoms with van der Waals surface area (Å²) in [4.78, 5) is 22.8. The van der Waals surface area contributed by atoms with Gasteiger partial charge >= 0.3 is 0 Å². The maximum atomic E-state index is 12.4. The molecule has 1 aromatic heterocycles. The third-order valence-electron chi connectivity index (χ3n) is 3.93. The van der Waals surface area contributed by atoms with Gasteiger partial charge in [0.05, 0.1) is 0 Å². The zero-order valence-electron chi connectivity index (χ0n) is 15.1. The maximum absolute atomic E-state index is 12.4. The number of hydrogen-bond donors (Lipinski definition) is 2. The van der Waals surface area contributed by atoms with Crippen molar-refractivity contribution in [2.75, 3.05) is 24.3 Å². The molecule has 0 bridgehead atoms. The summed E-state index contributed by atoms with van der Waals surface area (Å²) in [5, 5.41) is 6.54. The molecule has 138 valence electrons. The number of anilines is 3. The van der Waals surface area contributed by atoms with Crippen molar-refractivity contribution in [3.63, 3.8) is 0 Å². The van der Waals surface area contributed by atoms with Gasteiger partial charge in [-0.2, -0.15) is 0 Å². The molecule has 7 heteroatoms. The van der Waals surface area contributed by atoms with Crippen LogP contribution in [0.1, 0.15) is 16.1 Å². The first-order valence-electron chi connectivity index (χ1n) is 8.42. The van der Waals surface area contributed by atoms with E-state index in [2.05, 4.69) is 20.6 Å². The average molecular weight is 382 g/mol. The van der Waals surface area contributed by atoms with Gasteiger partial charge < -0.3 is 15.5 Å². The summed E-state index contributed by atoms with van der Waals surface area (Å²) in [6.07, 6.45) is 1.55. The van der Waals surface area contributed by atoms with Gasteiger partial charge in [-0.3, -0.25) is 4.79 Å². The number of aromatic nitrogens is 2. The van der Waals surface area contributed by atoms with Crippen molar-refractivity contribution in [2.45, 2.75) is 6.54 Å². The van der Waals surface area contributed by atoms with Gasteiger partial charge in [0.2, 0.25) is 5.95 Å². The molecule has 0 aliphatic heterocycles. The lowest BCUT2D eigenvalue weighted by Gasteiger charge is -2.13. The van der Waals surface area contributed by atoms with E-state index in [9.17, 15) is 4.79 Å². The second kappa shape index (κ2) is 8.51. The Hall–Kier alpha value is -3.12. The minimum Gasteiger partial charge on any atom is -0.378 e. The van der Waals surface area contributed by atoms with Gasteiger partial charge in [0.1, 0.15) is 5.69 Å². The molecule has 1 amide bonds. The molecule has 0 radical (unpaired) electrons. The highest BCUT2D eigenvalue weighted by Gasteiger charge is 2.10. The van der Waals surface area contributed by atoms with Crippen LogP contribution < -0.4 is 15.5 Å². The number of benzene rings is 2. The van der Waals surface area contributed by atoms with E-state index in [0.717, 1.165) is 16.9 Å². The molecule has 0 spiro atoms. The van der Waals surface area contributed by atoms with Crippen LogP contribution in [0.5, 0.6) is 0 Å². The summed E-state index contributed by atoms with van der Waals surface area (Å²) in [5.74, 6) is 0.0707. The molecule has 0 aliphatic rings. The Labute approximate surface area is 163 Å². The zero-order chi connectivity index (χ0) is 19.2. The van der Waals surface area contributed by atoms with Crippen LogP contribution in [0, 0.1) is 0 Å². The van der Waals surface area contributed by atoms with Crippen molar-refractivity contribution < 1.29 is 4.79 Å². The molecule has 2 aromatic carbocycles. The normalized spacial score (nSPS) is 10.3. The minimum absolute atomic E-state index is 0.282. The lowest BCUT2D eigenvalue weighted by Crippen LogP contribution is -2.24. The van der Waals surface area contributed by atoms with Crippen LogP contribution in [0.3, 0.4) is 0 Å². The fourth-order valence-corrected chi connectivity index (χ4v) is 2.63. The lowest BCUT2D eigenvalue weighted by molar-refractivity contribution is 0.0946. The standard InChI is InChI=1S/C20H20ClN5O/c1-26(2)16-9-7-15(8-10-16)24-20-22-12-11-18(25-20)19(27)23-13-14-5-3-4-6-17(14)21/h3-12H,13H2,1-2H3,(H,23,27)(H,22,24,25). The van der Waals surface area contributed by atoms with E-state index in [0.29, 0.717) is 17.5 Å². The van der Waals surface area contributed by atoms with E-state index in [1.54, 1.807) is 18.3 Å². The van der Waals surface area contributed by atoms with Crippen LogP contribution in [0.2, 0.25) is 5.02 Å². The Kier molecular flexibility index (Phi) is 5.88. The van der Waals surface area contributed by atoms with E-state index in [-0.39, 0.29) is 11.6 Å². The summed E-state index contributed by atoms with van der Waals surface area (Å²) >= 11 is 6.11. The smallest absolute Gasteiger partial charge is 0.270 e. The number of halogens is 1. The van der Waals surface area contributed by atoms with Gasteiger partial charge in [-0.25, -0.2) is 9.97 Å².